The van der Waals surface area contributed by atoms with E-state index in [4.69, 9.17) is 0 Å². The molecule has 2 rings (SSSR count). The standard InChI is InChI=1S/C18H18F4N4O/c1-11(12(2)17(27)26-14-5-3-13(19)4-6-14)7-8-24-16-15(18(20,21)22)23-9-10-25-16/h3-6,9-10,12H,1,7-8H2,2H3,(H,24,25)(H,26,27). The monoisotopic (exact) mass is 382 g/mol. The van der Waals surface area contributed by atoms with Gasteiger partial charge in [0.25, 0.3) is 0 Å². The summed E-state index contributed by atoms with van der Waals surface area (Å²) in [7, 11) is 0. The third-order valence-corrected chi connectivity index (χ3v) is 3.82. The number of halogens is 4. The lowest BCUT2D eigenvalue weighted by molar-refractivity contribution is -0.140. The Morgan fingerprint density at radius 3 is 2.44 bits per heavy atom. The first-order valence-corrected chi connectivity index (χ1v) is 8.04. The molecule has 27 heavy (non-hydrogen) atoms. The van der Waals surface area contributed by atoms with Gasteiger partial charge < -0.3 is 10.6 Å². The van der Waals surface area contributed by atoms with Crippen molar-refractivity contribution < 1.29 is 22.4 Å². The lowest BCUT2D eigenvalue weighted by atomic mass is 9.99. The number of hydrogen-bond donors (Lipinski definition) is 2. The van der Waals surface area contributed by atoms with Gasteiger partial charge in [-0.2, -0.15) is 13.2 Å². The largest absolute Gasteiger partial charge is 0.437 e. The predicted octanol–water partition coefficient (Wildman–Crippen LogP) is 4.27. The van der Waals surface area contributed by atoms with E-state index in [1.165, 1.54) is 24.3 Å². The molecule has 1 aromatic heterocycles. The highest BCUT2D eigenvalue weighted by Crippen LogP contribution is 2.31. The van der Waals surface area contributed by atoms with E-state index in [-0.39, 0.29) is 24.7 Å². The summed E-state index contributed by atoms with van der Waals surface area (Å²) in [6.07, 6.45) is -2.23. The number of nitrogens with one attached hydrogen (secondary N) is 2. The average Bonchev–Trinajstić information content (AvgIpc) is 2.62. The fourth-order valence-corrected chi connectivity index (χ4v) is 2.20. The van der Waals surface area contributed by atoms with Gasteiger partial charge in [-0.3, -0.25) is 4.79 Å². The maximum absolute atomic E-state index is 12.9. The Hall–Kier alpha value is -2.97. The third-order valence-electron chi connectivity index (χ3n) is 3.82. The molecular formula is C18H18F4N4O. The summed E-state index contributed by atoms with van der Waals surface area (Å²) in [5, 5.41) is 5.20. The summed E-state index contributed by atoms with van der Waals surface area (Å²) in [4.78, 5) is 19.2. The molecule has 144 valence electrons. The summed E-state index contributed by atoms with van der Waals surface area (Å²) < 4.78 is 51.5. The molecule has 2 N–H and O–H groups in total. The van der Waals surface area contributed by atoms with Gasteiger partial charge in [0.2, 0.25) is 5.91 Å². The number of hydrogen-bond acceptors (Lipinski definition) is 4. The Balaban J connectivity index is 1.88. The van der Waals surface area contributed by atoms with Crippen LogP contribution in [0.1, 0.15) is 19.0 Å². The number of carbonyl (C=O) groups is 1. The summed E-state index contributed by atoms with van der Waals surface area (Å²) in [5.41, 5.74) is -0.133. The van der Waals surface area contributed by atoms with Crippen molar-refractivity contribution in [1.29, 1.82) is 0 Å². The molecule has 1 atom stereocenters. The van der Waals surface area contributed by atoms with Crippen molar-refractivity contribution in [3.05, 3.63) is 60.3 Å². The number of anilines is 2. The quantitative estimate of drug-likeness (QED) is 0.555. The van der Waals surface area contributed by atoms with E-state index in [1.807, 2.05) is 0 Å². The maximum atomic E-state index is 12.9. The topological polar surface area (TPSA) is 66.9 Å². The van der Waals surface area contributed by atoms with Crippen LogP contribution in [0.2, 0.25) is 0 Å². The molecule has 0 aliphatic heterocycles. The second kappa shape index (κ2) is 8.61. The molecule has 1 amide bonds. The molecule has 1 aromatic carbocycles. The van der Waals surface area contributed by atoms with Gasteiger partial charge in [0.05, 0.1) is 5.92 Å². The molecule has 9 heteroatoms. The molecular weight excluding hydrogens is 364 g/mol. The second-order valence-corrected chi connectivity index (χ2v) is 5.80. The number of rotatable bonds is 7. The minimum absolute atomic E-state index is 0.106. The van der Waals surface area contributed by atoms with Crippen molar-refractivity contribution in [3.8, 4) is 0 Å². The van der Waals surface area contributed by atoms with Crippen molar-refractivity contribution >= 4 is 17.4 Å². The highest BCUT2D eigenvalue weighted by atomic mass is 19.4. The van der Waals surface area contributed by atoms with Crippen LogP contribution in [0.15, 0.2) is 48.8 Å². The Kier molecular flexibility index (Phi) is 6.49. The lowest BCUT2D eigenvalue weighted by Gasteiger charge is -2.16. The number of aromatic nitrogens is 2. The van der Waals surface area contributed by atoms with Crippen LogP contribution >= 0.6 is 0 Å². The van der Waals surface area contributed by atoms with Crippen molar-refractivity contribution in [1.82, 2.24) is 9.97 Å². The zero-order valence-electron chi connectivity index (χ0n) is 14.5. The Morgan fingerprint density at radius 1 is 1.19 bits per heavy atom. The van der Waals surface area contributed by atoms with Crippen molar-refractivity contribution in [2.45, 2.75) is 19.5 Å². The molecule has 0 radical (unpaired) electrons. The first-order valence-electron chi connectivity index (χ1n) is 8.04. The second-order valence-electron chi connectivity index (χ2n) is 5.80. The van der Waals surface area contributed by atoms with E-state index in [2.05, 4.69) is 27.2 Å². The van der Waals surface area contributed by atoms with Crippen LogP contribution in [0, 0.1) is 11.7 Å². The van der Waals surface area contributed by atoms with Crippen LogP contribution in [-0.4, -0.2) is 22.4 Å². The number of alkyl halides is 3. The van der Waals surface area contributed by atoms with E-state index in [0.717, 1.165) is 12.4 Å². The molecule has 0 fully saturated rings. The van der Waals surface area contributed by atoms with Crippen molar-refractivity contribution in [2.24, 2.45) is 5.92 Å². The van der Waals surface area contributed by atoms with E-state index in [9.17, 15) is 22.4 Å². The SMILES string of the molecule is C=C(CCNc1nccnc1C(F)(F)F)C(C)C(=O)Nc1ccc(F)cc1. The first kappa shape index (κ1) is 20.3. The normalized spacial score (nSPS) is 12.3. The first-order chi connectivity index (χ1) is 12.7. The van der Waals surface area contributed by atoms with Gasteiger partial charge in [-0.1, -0.05) is 12.2 Å². The molecule has 0 aliphatic carbocycles. The maximum Gasteiger partial charge on any atom is 0.437 e. The van der Waals surface area contributed by atoms with Crippen LogP contribution in [-0.2, 0) is 11.0 Å². The van der Waals surface area contributed by atoms with Gasteiger partial charge in [0.1, 0.15) is 5.82 Å². The van der Waals surface area contributed by atoms with E-state index >= 15 is 0 Å². The van der Waals surface area contributed by atoms with Crippen molar-refractivity contribution in [2.75, 3.05) is 17.2 Å². The molecule has 5 nitrogen and oxygen atoms in total. The summed E-state index contributed by atoms with van der Waals surface area (Å²) in [6, 6.07) is 5.30. The predicted molar refractivity (Wildman–Crippen MR) is 93.5 cm³/mol. The smallest absolute Gasteiger partial charge is 0.368 e. The van der Waals surface area contributed by atoms with Crippen LogP contribution in [0.5, 0.6) is 0 Å². The van der Waals surface area contributed by atoms with Gasteiger partial charge in [-0.25, -0.2) is 14.4 Å². The third kappa shape index (κ3) is 5.77. The molecule has 0 saturated heterocycles. The molecule has 2 aromatic rings. The summed E-state index contributed by atoms with van der Waals surface area (Å²) >= 11 is 0. The highest BCUT2D eigenvalue weighted by molar-refractivity contribution is 5.94. The summed E-state index contributed by atoms with van der Waals surface area (Å²) in [5.74, 6) is -1.72. The van der Waals surface area contributed by atoms with Crippen LogP contribution < -0.4 is 10.6 Å². The Labute approximate surface area is 153 Å². The average molecular weight is 382 g/mol. The van der Waals surface area contributed by atoms with Gasteiger partial charge in [0, 0.05) is 24.6 Å². The Bertz CT molecular complexity index is 806. The summed E-state index contributed by atoms with van der Waals surface area (Å²) in [6.45, 7) is 5.55. The molecule has 0 bridgehead atoms. The fraction of sp³-hybridized carbons (Fsp3) is 0.278. The van der Waals surface area contributed by atoms with E-state index in [0.29, 0.717) is 11.3 Å². The fourth-order valence-electron chi connectivity index (χ4n) is 2.20. The molecule has 0 saturated carbocycles. The van der Waals surface area contributed by atoms with Crippen LogP contribution in [0.25, 0.3) is 0 Å². The van der Waals surface area contributed by atoms with Gasteiger partial charge in [0.15, 0.2) is 11.5 Å². The van der Waals surface area contributed by atoms with Crippen LogP contribution in [0.3, 0.4) is 0 Å². The molecule has 0 spiro atoms. The highest BCUT2D eigenvalue weighted by Gasteiger charge is 2.36. The number of nitrogens with zero attached hydrogens (tertiary/aromatic N) is 2. The zero-order chi connectivity index (χ0) is 20.0. The molecule has 1 unspecified atom stereocenters. The van der Waals surface area contributed by atoms with Crippen LogP contribution in [0.4, 0.5) is 29.1 Å². The number of amides is 1. The molecule has 1 heterocycles. The lowest BCUT2D eigenvalue weighted by Crippen LogP contribution is -2.23. The minimum atomic E-state index is -4.62. The van der Waals surface area contributed by atoms with Crippen molar-refractivity contribution in [3.63, 3.8) is 0 Å². The van der Waals surface area contributed by atoms with Gasteiger partial charge >= 0.3 is 6.18 Å². The van der Waals surface area contributed by atoms with Gasteiger partial charge in [-0.15, -0.1) is 0 Å². The number of benzene rings is 1. The number of carbonyl (C=O) groups excluding carboxylic acids is 1. The molecule has 0 aliphatic rings. The minimum Gasteiger partial charge on any atom is -0.368 e. The van der Waals surface area contributed by atoms with E-state index in [1.54, 1.807) is 6.92 Å². The van der Waals surface area contributed by atoms with E-state index < -0.39 is 23.6 Å². The van der Waals surface area contributed by atoms with Gasteiger partial charge in [-0.05, 0) is 37.6 Å². The zero-order valence-corrected chi connectivity index (χ0v) is 14.5. The Morgan fingerprint density at radius 2 is 1.81 bits per heavy atom.